The van der Waals surface area contributed by atoms with Gasteiger partial charge in [-0.25, -0.2) is 0 Å². The molecule has 0 saturated carbocycles. The van der Waals surface area contributed by atoms with E-state index in [1.54, 1.807) is 7.11 Å². The fourth-order valence-electron chi connectivity index (χ4n) is 4.91. The van der Waals surface area contributed by atoms with E-state index in [1.807, 2.05) is 10.9 Å². The predicted molar refractivity (Wildman–Crippen MR) is 121 cm³/mol. The maximum atomic E-state index is 12.6. The van der Waals surface area contributed by atoms with Crippen molar-refractivity contribution in [3.05, 3.63) is 36.0 Å². The number of carbonyl (C=O) groups is 1. The zero-order chi connectivity index (χ0) is 22.0. The van der Waals surface area contributed by atoms with Crippen molar-refractivity contribution in [3.63, 3.8) is 0 Å². The largest absolute Gasteiger partial charge is 0.383 e. The number of ether oxygens (including phenoxy) is 1. The molecule has 3 aliphatic rings. The lowest BCUT2D eigenvalue weighted by Crippen LogP contribution is -2.58. The monoisotopic (exact) mass is 425 g/mol. The zero-order valence-electron chi connectivity index (χ0n) is 19.2. The van der Waals surface area contributed by atoms with Gasteiger partial charge in [0, 0.05) is 31.8 Å². The summed E-state index contributed by atoms with van der Waals surface area (Å²) >= 11 is 0. The van der Waals surface area contributed by atoms with Crippen LogP contribution < -0.4 is 5.32 Å². The highest BCUT2D eigenvalue weighted by atomic mass is 16.5. The molecule has 4 atom stereocenters. The summed E-state index contributed by atoms with van der Waals surface area (Å²) < 4.78 is 7.00. The molecular weight excluding hydrogens is 390 g/mol. The number of nitrogens with one attached hydrogen (secondary N) is 1. The molecule has 1 N–H and O–H groups in total. The fourth-order valence-corrected chi connectivity index (χ4v) is 4.91. The van der Waals surface area contributed by atoms with Crippen LogP contribution in [-0.2, 0) is 21.5 Å². The summed E-state index contributed by atoms with van der Waals surface area (Å²) in [6.45, 7) is 10.5. The second-order valence-corrected chi connectivity index (χ2v) is 9.98. The summed E-state index contributed by atoms with van der Waals surface area (Å²) in [5, 5.41) is 11.8. The number of piperidine rings is 3. The van der Waals surface area contributed by atoms with Gasteiger partial charge < -0.3 is 10.1 Å². The molecule has 1 aromatic heterocycles. The molecule has 2 aromatic rings. The number of fused-ring (bicyclic) bond motifs is 3. The van der Waals surface area contributed by atoms with Crippen LogP contribution in [0.15, 0.2) is 30.5 Å². The fraction of sp³-hybridized carbons (Fsp3) is 0.625. The van der Waals surface area contributed by atoms with Crippen LogP contribution in [0.1, 0.15) is 39.2 Å². The van der Waals surface area contributed by atoms with E-state index in [9.17, 15) is 4.79 Å². The lowest BCUT2D eigenvalue weighted by Gasteiger charge is -2.49. The molecule has 0 spiro atoms. The Morgan fingerprint density at radius 2 is 2.03 bits per heavy atom. The average Bonchev–Trinajstić information content (AvgIpc) is 3.22. The third-order valence-electron chi connectivity index (χ3n) is 6.80. The lowest BCUT2D eigenvalue weighted by molar-refractivity contribution is -0.133. The van der Waals surface area contributed by atoms with Gasteiger partial charge in [-0.3, -0.25) is 14.4 Å². The first kappa shape index (κ1) is 22.0. The Kier molecular flexibility index (Phi) is 6.44. The summed E-state index contributed by atoms with van der Waals surface area (Å²) in [5.41, 5.74) is 3.46. The van der Waals surface area contributed by atoms with Crippen LogP contribution in [0.5, 0.6) is 0 Å². The summed E-state index contributed by atoms with van der Waals surface area (Å²) in [5.74, 6) is 0.715. The van der Waals surface area contributed by atoms with Crippen molar-refractivity contribution in [1.29, 1.82) is 0 Å². The predicted octanol–water partition coefficient (Wildman–Crippen LogP) is 2.72. The number of carbonyl (C=O) groups excluding carboxylic acids is 1. The lowest BCUT2D eigenvalue weighted by atomic mass is 9.75. The molecule has 4 unspecified atom stereocenters. The first-order chi connectivity index (χ1) is 14.8. The number of hydrogen-bond acceptors (Lipinski definition) is 5. The topological polar surface area (TPSA) is 72.3 Å². The molecular formula is C24H35N5O2. The van der Waals surface area contributed by atoms with E-state index in [1.165, 1.54) is 5.56 Å². The number of nitrogens with zero attached hydrogens (tertiary/aromatic N) is 4. The van der Waals surface area contributed by atoms with E-state index in [4.69, 9.17) is 4.74 Å². The molecule has 1 aromatic carbocycles. The minimum atomic E-state index is 0.0921. The smallest absolute Gasteiger partial charge is 0.224 e. The number of benzene rings is 1. The summed E-state index contributed by atoms with van der Waals surface area (Å²) in [6.07, 6.45) is 4.18. The van der Waals surface area contributed by atoms with Crippen molar-refractivity contribution >= 4 is 5.91 Å². The highest BCUT2D eigenvalue weighted by molar-refractivity contribution is 5.79. The van der Waals surface area contributed by atoms with Crippen molar-refractivity contribution in [1.82, 2.24) is 25.2 Å². The first-order valence-electron chi connectivity index (χ1n) is 11.4. The third-order valence-corrected chi connectivity index (χ3v) is 6.80. The molecule has 7 heteroatoms. The highest BCUT2D eigenvalue weighted by Crippen LogP contribution is 2.37. The van der Waals surface area contributed by atoms with Gasteiger partial charge in [0.05, 0.1) is 25.3 Å². The van der Waals surface area contributed by atoms with Gasteiger partial charge in [-0.05, 0) is 36.3 Å². The minimum absolute atomic E-state index is 0.0921. The Labute approximate surface area is 185 Å². The van der Waals surface area contributed by atoms with E-state index >= 15 is 0 Å². The molecule has 0 radical (unpaired) electrons. The molecule has 3 aliphatic heterocycles. The molecule has 0 aliphatic carbocycles. The number of methoxy groups -OCH3 is 1. The summed E-state index contributed by atoms with van der Waals surface area (Å²) in [4.78, 5) is 15.0. The molecule has 168 valence electrons. The second-order valence-electron chi connectivity index (χ2n) is 9.98. The number of rotatable bonds is 7. The Morgan fingerprint density at radius 1 is 1.26 bits per heavy atom. The molecule has 4 heterocycles. The molecule has 3 fully saturated rings. The Balaban J connectivity index is 1.36. The van der Waals surface area contributed by atoms with Gasteiger partial charge in [-0.15, -0.1) is 5.10 Å². The van der Waals surface area contributed by atoms with Gasteiger partial charge in [-0.2, -0.15) is 0 Å². The van der Waals surface area contributed by atoms with Crippen LogP contribution in [0.4, 0.5) is 0 Å². The van der Waals surface area contributed by atoms with Crippen LogP contribution in [0, 0.1) is 11.8 Å². The Hall–Kier alpha value is -2.25. The molecule has 7 nitrogen and oxygen atoms in total. The van der Waals surface area contributed by atoms with E-state index in [0.717, 1.165) is 43.7 Å². The van der Waals surface area contributed by atoms with Gasteiger partial charge in [0.15, 0.2) is 0 Å². The average molecular weight is 426 g/mol. The van der Waals surface area contributed by atoms with E-state index in [-0.39, 0.29) is 17.2 Å². The molecule has 1 amide bonds. The molecule has 5 rings (SSSR count). The second kappa shape index (κ2) is 9.09. The van der Waals surface area contributed by atoms with Gasteiger partial charge in [-0.1, -0.05) is 50.3 Å². The van der Waals surface area contributed by atoms with E-state index in [2.05, 4.69) is 65.6 Å². The molecule has 3 saturated heterocycles. The van der Waals surface area contributed by atoms with Crippen LogP contribution in [0.3, 0.4) is 0 Å². The van der Waals surface area contributed by atoms with Gasteiger partial charge in [0.1, 0.15) is 5.69 Å². The van der Waals surface area contributed by atoms with Crippen molar-refractivity contribution in [3.8, 4) is 11.3 Å². The number of aromatic nitrogens is 3. The van der Waals surface area contributed by atoms with Gasteiger partial charge in [0.2, 0.25) is 5.91 Å². The van der Waals surface area contributed by atoms with Crippen molar-refractivity contribution < 1.29 is 9.53 Å². The van der Waals surface area contributed by atoms with Crippen LogP contribution >= 0.6 is 0 Å². The van der Waals surface area contributed by atoms with Crippen molar-refractivity contribution in [2.24, 2.45) is 11.8 Å². The number of amides is 1. The standard InChI is InChI=1S/C24H35N5O2/c1-24(2,3)19-7-5-17(6-8-19)22-16-29(27-26-22)14-20-13-18-9-11-28(20)15-21(18)23(30)25-10-12-31-4/h5-8,16,18,20-21H,9-15H2,1-4H3,(H,25,30). The van der Waals surface area contributed by atoms with E-state index in [0.29, 0.717) is 25.1 Å². The Morgan fingerprint density at radius 3 is 2.68 bits per heavy atom. The Bertz CT molecular complexity index is 886. The third kappa shape index (κ3) is 4.99. The zero-order valence-corrected chi connectivity index (χ0v) is 19.2. The summed E-state index contributed by atoms with van der Waals surface area (Å²) in [6, 6.07) is 9.04. The summed E-state index contributed by atoms with van der Waals surface area (Å²) in [7, 11) is 1.65. The van der Waals surface area contributed by atoms with E-state index < -0.39 is 0 Å². The van der Waals surface area contributed by atoms with Crippen LogP contribution in [-0.4, -0.2) is 65.2 Å². The molecule has 2 bridgehead atoms. The molecule has 31 heavy (non-hydrogen) atoms. The minimum Gasteiger partial charge on any atom is -0.383 e. The van der Waals surface area contributed by atoms with Crippen molar-refractivity contribution in [2.45, 2.75) is 51.6 Å². The SMILES string of the molecule is COCCNC(=O)C1CN2CCC1CC2Cn1cc(-c2ccc(C(C)(C)C)cc2)nn1. The van der Waals surface area contributed by atoms with Crippen molar-refractivity contribution in [2.75, 3.05) is 33.4 Å². The maximum absolute atomic E-state index is 12.6. The van der Waals surface area contributed by atoms with Gasteiger partial charge in [0.25, 0.3) is 0 Å². The number of hydrogen-bond donors (Lipinski definition) is 1. The first-order valence-corrected chi connectivity index (χ1v) is 11.4. The van der Waals surface area contributed by atoms with Crippen LogP contribution in [0.25, 0.3) is 11.3 Å². The maximum Gasteiger partial charge on any atom is 0.224 e. The highest BCUT2D eigenvalue weighted by Gasteiger charge is 2.43. The normalized spacial score (nSPS) is 25.5. The van der Waals surface area contributed by atoms with Gasteiger partial charge >= 0.3 is 0 Å². The quantitative estimate of drug-likeness (QED) is 0.691. The van der Waals surface area contributed by atoms with Crippen LogP contribution in [0.2, 0.25) is 0 Å².